The molecule has 2 N–H and O–H groups in total. The molecule has 3 heterocycles. The largest absolute Gasteiger partial charge is 0.392 e. The summed E-state index contributed by atoms with van der Waals surface area (Å²) in [4.78, 5) is 14.6. The molecule has 0 saturated carbocycles. The molecule has 2 aliphatic heterocycles. The average Bonchev–Trinajstić information content (AvgIpc) is 2.82. The average molecular weight is 344 g/mol. The van der Waals surface area contributed by atoms with E-state index >= 15 is 0 Å². The summed E-state index contributed by atoms with van der Waals surface area (Å²) < 4.78 is 5.14. The lowest BCUT2D eigenvalue weighted by atomic mass is 9.72. The van der Waals surface area contributed by atoms with Crippen LogP contribution in [0.15, 0.2) is 4.52 Å². The first-order valence-electron chi connectivity index (χ1n) is 8.10. The molecule has 130 valence electrons. The molecule has 0 unspecified atom stereocenters. The number of piperidine rings is 2. The van der Waals surface area contributed by atoms with Gasteiger partial charge in [0.15, 0.2) is 0 Å². The highest BCUT2D eigenvalue weighted by Gasteiger charge is 2.44. The zero-order valence-electron chi connectivity index (χ0n) is 13.8. The summed E-state index contributed by atoms with van der Waals surface area (Å²) in [6.45, 7) is 6.78. The van der Waals surface area contributed by atoms with Crippen LogP contribution < -0.4 is 5.32 Å². The number of amides is 1. The second kappa shape index (κ2) is 7.20. The third kappa shape index (κ3) is 3.54. The molecule has 1 spiro atoms. The number of hydrogen-bond donors (Lipinski definition) is 2. The third-order valence-electron chi connectivity index (χ3n) is 5.25. The van der Waals surface area contributed by atoms with Crippen LogP contribution >= 0.6 is 12.4 Å². The van der Waals surface area contributed by atoms with Crippen molar-refractivity contribution in [2.24, 2.45) is 5.41 Å². The summed E-state index contributed by atoms with van der Waals surface area (Å²) in [5.41, 5.74) is 1.51. The molecular formula is C16H26ClN3O3. The van der Waals surface area contributed by atoms with E-state index in [9.17, 15) is 9.90 Å². The van der Waals surface area contributed by atoms with Crippen LogP contribution in [0.1, 0.15) is 36.3 Å². The van der Waals surface area contributed by atoms with Crippen molar-refractivity contribution in [2.45, 2.75) is 45.6 Å². The smallest absolute Gasteiger partial charge is 0.227 e. The maximum absolute atomic E-state index is 12.7. The Morgan fingerprint density at radius 1 is 1.52 bits per heavy atom. The summed E-state index contributed by atoms with van der Waals surface area (Å²) in [5.74, 6) is 0.822. The third-order valence-corrected chi connectivity index (χ3v) is 5.25. The number of carbonyl (C=O) groups excluding carboxylic acids is 1. The minimum Gasteiger partial charge on any atom is -0.392 e. The van der Waals surface area contributed by atoms with E-state index in [-0.39, 0.29) is 29.8 Å². The molecule has 2 saturated heterocycles. The van der Waals surface area contributed by atoms with Crippen LogP contribution in [-0.4, -0.2) is 53.4 Å². The fraction of sp³-hybridized carbons (Fsp3) is 0.750. The first kappa shape index (κ1) is 18.2. The van der Waals surface area contributed by atoms with Gasteiger partial charge in [-0.2, -0.15) is 0 Å². The van der Waals surface area contributed by atoms with Gasteiger partial charge in [-0.3, -0.25) is 4.79 Å². The van der Waals surface area contributed by atoms with E-state index in [1.807, 2.05) is 18.7 Å². The van der Waals surface area contributed by atoms with E-state index in [1.54, 1.807) is 0 Å². The standard InChI is InChI=1S/C16H25N3O3.ClH/c1-11-13(12(2)22-18-11)8-15(21)19-7-3-5-16(10-19)9-17-6-4-14(16)20;/h14,17,20H,3-10H2,1-2H3;1H/t14-,16-;/m0./s1. The summed E-state index contributed by atoms with van der Waals surface area (Å²) in [6.07, 6.45) is 2.72. The van der Waals surface area contributed by atoms with Crippen molar-refractivity contribution >= 4 is 18.3 Å². The van der Waals surface area contributed by atoms with Gasteiger partial charge in [0, 0.05) is 30.6 Å². The lowest BCUT2D eigenvalue weighted by Crippen LogP contribution is -2.59. The molecule has 0 radical (unpaired) electrons. The second-order valence-electron chi connectivity index (χ2n) is 6.74. The van der Waals surface area contributed by atoms with Crippen LogP contribution in [0.4, 0.5) is 0 Å². The van der Waals surface area contributed by atoms with Crippen molar-refractivity contribution in [2.75, 3.05) is 26.2 Å². The van der Waals surface area contributed by atoms with Gasteiger partial charge in [0.05, 0.1) is 18.2 Å². The lowest BCUT2D eigenvalue weighted by Gasteiger charge is -2.48. The van der Waals surface area contributed by atoms with Gasteiger partial charge in [-0.15, -0.1) is 12.4 Å². The van der Waals surface area contributed by atoms with Gasteiger partial charge in [0.2, 0.25) is 5.91 Å². The summed E-state index contributed by atoms with van der Waals surface area (Å²) >= 11 is 0. The number of aliphatic hydroxyl groups is 1. The molecule has 2 atom stereocenters. The molecule has 23 heavy (non-hydrogen) atoms. The van der Waals surface area contributed by atoms with Crippen LogP contribution in [0, 0.1) is 19.3 Å². The Kier molecular flexibility index (Phi) is 5.70. The Morgan fingerprint density at radius 2 is 2.30 bits per heavy atom. The molecule has 0 bridgehead atoms. The fourth-order valence-electron chi connectivity index (χ4n) is 3.81. The molecule has 0 aliphatic carbocycles. The fourth-order valence-corrected chi connectivity index (χ4v) is 3.81. The van der Waals surface area contributed by atoms with E-state index in [0.717, 1.165) is 55.9 Å². The van der Waals surface area contributed by atoms with Gasteiger partial charge < -0.3 is 19.8 Å². The molecule has 2 aliphatic rings. The van der Waals surface area contributed by atoms with Gasteiger partial charge >= 0.3 is 0 Å². The predicted molar refractivity (Wildman–Crippen MR) is 88.7 cm³/mol. The minimum atomic E-state index is -0.316. The molecule has 1 amide bonds. The monoisotopic (exact) mass is 343 g/mol. The first-order chi connectivity index (χ1) is 10.5. The molecule has 0 aromatic carbocycles. The zero-order chi connectivity index (χ0) is 15.7. The number of hydrogen-bond acceptors (Lipinski definition) is 5. The van der Waals surface area contributed by atoms with E-state index in [0.29, 0.717) is 13.0 Å². The molecule has 1 aromatic rings. The molecule has 2 fully saturated rings. The number of rotatable bonds is 2. The Balaban J connectivity index is 0.00000192. The van der Waals surface area contributed by atoms with Crippen LogP contribution in [0.25, 0.3) is 0 Å². The lowest BCUT2D eigenvalue weighted by molar-refractivity contribution is -0.137. The Hall–Kier alpha value is -1.11. The van der Waals surface area contributed by atoms with Crippen molar-refractivity contribution in [3.8, 4) is 0 Å². The van der Waals surface area contributed by atoms with Crippen LogP contribution in [0.2, 0.25) is 0 Å². The number of carbonyl (C=O) groups is 1. The molecule has 3 rings (SSSR count). The maximum Gasteiger partial charge on any atom is 0.227 e. The Bertz CT molecular complexity index is 539. The predicted octanol–water partition coefficient (Wildman–Crippen LogP) is 1.22. The number of likely N-dealkylation sites (tertiary alicyclic amines) is 1. The topological polar surface area (TPSA) is 78.6 Å². The van der Waals surface area contributed by atoms with Crippen LogP contribution in [-0.2, 0) is 11.2 Å². The summed E-state index contributed by atoms with van der Waals surface area (Å²) in [7, 11) is 0. The number of nitrogens with one attached hydrogen (secondary N) is 1. The van der Waals surface area contributed by atoms with Crippen molar-refractivity contribution in [3.05, 3.63) is 17.0 Å². The quantitative estimate of drug-likeness (QED) is 0.844. The van der Waals surface area contributed by atoms with Crippen molar-refractivity contribution in [1.29, 1.82) is 0 Å². The van der Waals surface area contributed by atoms with Gasteiger partial charge in [-0.25, -0.2) is 0 Å². The van der Waals surface area contributed by atoms with Crippen LogP contribution in [0.5, 0.6) is 0 Å². The Labute approximate surface area is 143 Å². The van der Waals surface area contributed by atoms with Crippen molar-refractivity contribution < 1.29 is 14.4 Å². The van der Waals surface area contributed by atoms with E-state index in [1.165, 1.54) is 0 Å². The molecular weight excluding hydrogens is 318 g/mol. The van der Waals surface area contributed by atoms with Gasteiger partial charge in [-0.05, 0) is 39.7 Å². The minimum absolute atomic E-state index is 0. The number of aromatic nitrogens is 1. The highest BCUT2D eigenvalue weighted by atomic mass is 35.5. The number of nitrogens with zero attached hydrogens (tertiary/aromatic N) is 2. The molecule has 7 heteroatoms. The van der Waals surface area contributed by atoms with Gasteiger partial charge in [-0.1, -0.05) is 5.16 Å². The zero-order valence-corrected chi connectivity index (χ0v) is 14.6. The van der Waals surface area contributed by atoms with Gasteiger partial charge in [0.25, 0.3) is 0 Å². The SMILES string of the molecule is Cc1noc(C)c1CC(=O)N1CCC[C@]2(CNCC[C@@H]2O)C1.Cl. The Morgan fingerprint density at radius 3 is 2.96 bits per heavy atom. The normalized spacial score (nSPS) is 27.8. The first-order valence-corrected chi connectivity index (χ1v) is 8.10. The maximum atomic E-state index is 12.7. The second-order valence-corrected chi connectivity index (χ2v) is 6.74. The highest BCUT2D eigenvalue weighted by Crippen LogP contribution is 2.36. The van der Waals surface area contributed by atoms with E-state index < -0.39 is 0 Å². The van der Waals surface area contributed by atoms with E-state index in [4.69, 9.17) is 4.52 Å². The number of aliphatic hydroxyl groups excluding tert-OH is 1. The number of halogens is 1. The summed E-state index contributed by atoms with van der Waals surface area (Å²) in [5, 5.41) is 17.7. The van der Waals surface area contributed by atoms with Crippen LogP contribution in [0.3, 0.4) is 0 Å². The molecule has 6 nitrogen and oxygen atoms in total. The highest BCUT2D eigenvalue weighted by molar-refractivity contribution is 5.85. The van der Waals surface area contributed by atoms with E-state index in [2.05, 4.69) is 10.5 Å². The summed E-state index contributed by atoms with van der Waals surface area (Å²) in [6, 6.07) is 0. The van der Waals surface area contributed by atoms with Crippen molar-refractivity contribution in [1.82, 2.24) is 15.4 Å². The number of aryl methyl sites for hydroxylation is 2. The van der Waals surface area contributed by atoms with Gasteiger partial charge in [0.1, 0.15) is 5.76 Å². The van der Waals surface area contributed by atoms with Crippen molar-refractivity contribution in [3.63, 3.8) is 0 Å². The molecule has 1 aromatic heterocycles.